The molecular formula is C14H29N3O. The smallest absolute Gasteiger partial charge is 0.239 e. The van der Waals surface area contributed by atoms with Crippen LogP contribution in [-0.2, 0) is 4.79 Å². The summed E-state index contributed by atoms with van der Waals surface area (Å²) in [6.07, 6.45) is 2.22. The van der Waals surface area contributed by atoms with Crippen LogP contribution in [0.2, 0.25) is 0 Å². The zero-order valence-electron chi connectivity index (χ0n) is 12.6. The number of likely N-dealkylation sites (N-methyl/N-ethyl adjacent to an activating group) is 1. The lowest BCUT2D eigenvalue weighted by Gasteiger charge is -2.42. The lowest BCUT2D eigenvalue weighted by Crippen LogP contribution is -2.55. The number of hydrogen-bond donors (Lipinski definition) is 1. The number of rotatable bonds is 5. The monoisotopic (exact) mass is 255 g/mol. The molecule has 106 valence electrons. The predicted octanol–water partition coefficient (Wildman–Crippen LogP) is 1.32. The highest BCUT2D eigenvalue weighted by atomic mass is 16.2. The maximum Gasteiger partial charge on any atom is 0.239 e. The Morgan fingerprint density at radius 2 is 1.83 bits per heavy atom. The van der Waals surface area contributed by atoms with E-state index in [4.69, 9.17) is 0 Å². The van der Waals surface area contributed by atoms with Crippen molar-refractivity contribution in [3.8, 4) is 0 Å². The molecule has 1 heterocycles. The van der Waals surface area contributed by atoms with Crippen LogP contribution in [0.4, 0.5) is 0 Å². The second-order valence-electron chi connectivity index (χ2n) is 5.53. The topological polar surface area (TPSA) is 35.6 Å². The van der Waals surface area contributed by atoms with E-state index in [9.17, 15) is 4.79 Å². The number of likely N-dealkylation sites (tertiary alicyclic amines) is 1. The fourth-order valence-corrected chi connectivity index (χ4v) is 2.61. The molecule has 0 saturated carbocycles. The molecule has 1 amide bonds. The Hall–Kier alpha value is -0.610. The highest BCUT2D eigenvalue weighted by molar-refractivity contribution is 5.81. The van der Waals surface area contributed by atoms with Crippen molar-refractivity contribution >= 4 is 5.91 Å². The first-order valence-electron chi connectivity index (χ1n) is 7.19. The SMILES string of the molecule is CCN(CC)C(=O)C(C)N1CCC(C)(NC)CC1. The fourth-order valence-electron chi connectivity index (χ4n) is 2.61. The van der Waals surface area contributed by atoms with Crippen LogP contribution < -0.4 is 5.32 Å². The van der Waals surface area contributed by atoms with Gasteiger partial charge >= 0.3 is 0 Å². The van der Waals surface area contributed by atoms with Crippen molar-refractivity contribution in [2.45, 2.75) is 52.1 Å². The van der Waals surface area contributed by atoms with Crippen LogP contribution in [0, 0.1) is 0 Å². The maximum absolute atomic E-state index is 12.3. The second-order valence-corrected chi connectivity index (χ2v) is 5.53. The molecule has 4 heteroatoms. The molecule has 1 aliphatic rings. The van der Waals surface area contributed by atoms with Crippen LogP contribution in [0.5, 0.6) is 0 Å². The Bertz CT molecular complexity index is 268. The number of carbonyl (C=O) groups is 1. The normalized spacial score (nSPS) is 21.6. The van der Waals surface area contributed by atoms with Crippen molar-refractivity contribution in [1.29, 1.82) is 0 Å². The summed E-state index contributed by atoms with van der Waals surface area (Å²) in [5, 5.41) is 3.39. The van der Waals surface area contributed by atoms with Gasteiger partial charge in [0, 0.05) is 31.7 Å². The van der Waals surface area contributed by atoms with Gasteiger partial charge in [0.1, 0.15) is 0 Å². The maximum atomic E-state index is 12.3. The van der Waals surface area contributed by atoms with Crippen LogP contribution in [0.15, 0.2) is 0 Å². The summed E-state index contributed by atoms with van der Waals surface area (Å²) in [7, 11) is 2.03. The van der Waals surface area contributed by atoms with Gasteiger partial charge in [-0.25, -0.2) is 0 Å². The van der Waals surface area contributed by atoms with E-state index in [-0.39, 0.29) is 17.5 Å². The van der Waals surface area contributed by atoms with Crippen LogP contribution in [-0.4, -0.2) is 60.5 Å². The van der Waals surface area contributed by atoms with E-state index in [1.54, 1.807) is 0 Å². The van der Waals surface area contributed by atoms with Crippen molar-refractivity contribution in [1.82, 2.24) is 15.1 Å². The van der Waals surface area contributed by atoms with E-state index in [1.807, 2.05) is 32.7 Å². The van der Waals surface area contributed by atoms with Gasteiger partial charge in [0.25, 0.3) is 0 Å². The van der Waals surface area contributed by atoms with E-state index in [1.165, 1.54) is 0 Å². The van der Waals surface area contributed by atoms with Gasteiger partial charge in [-0.1, -0.05) is 0 Å². The predicted molar refractivity (Wildman–Crippen MR) is 75.7 cm³/mol. The van der Waals surface area contributed by atoms with Gasteiger partial charge in [-0.2, -0.15) is 0 Å². The molecule has 4 nitrogen and oxygen atoms in total. The number of hydrogen-bond acceptors (Lipinski definition) is 3. The molecule has 0 aromatic rings. The summed E-state index contributed by atoms with van der Waals surface area (Å²) < 4.78 is 0. The van der Waals surface area contributed by atoms with Gasteiger partial charge in [0.05, 0.1) is 6.04 Å². The van der Waals surface area contributed by atoms with Crippen LogP contribution in [0.3, 0.4) is 0 Å². The number of carbonyl (C=O) groups excluding carboxylic acids is 1. The highest BCUT2D eigenvalue weighted by Gasteiger charge is 2.33. The first-order valence-corrected chi connectivity index (χ1v) is 7.19. The molecule has 1 N–H and O–H groups in total. The van der Waals surface area contributed by atoms with E-state index in [2.05, 4.69) is 17.1 Å². The van der Waals surface area contributed by atoms with Gasteiger partial charge in [0.15, 0.2) is 0 Å². The molecule has 1 atom stereocenters. The third-order valence-corrected chi connectivity index (χ3v) is 4.49. The summed E-state index contributed by atoms with van der Waals surface area (Å²) in [6, 6.07) is 0.0197. The van der Waals surface area contributed by atoms with E-state index in [0.29, 0.717) is 0 Å². The van der Waals surface area contributed by atoms with Gasteiger partial charge in [-0.05, 0) is 47.6 Å². The van der Waals surface area contributed by atoms with Crippen molar-refractivity contribution < 1.29 is 4.79 Å². The Morgan fingerprint density at radius 3 is 2.22 bits per heavy atom. The Morgan fingerprint density at radius 1 is 1.33 bits per heavy atom. The highest BCUT2D eigenvalue weighted by Crippen LogP contribution is 2.22. The minimum atomic E-state index is 0.0197. The average Bonchev–Trinajstić information content (AvgIpc) is 2.40. The molecule has 1 saturated heterocycles. The van der Waals surface area contributed by atoms with Crippen molar-refractivity contribution in [3.05, 3.63) is 0 Å². The molecule has 0 aromatic carbocycles. The largest absolute Gasteiger partial charge is 0.342 e. The molecule has 0 radical (unpaired) electrons. The van der Waals surface area contributed by atoms with Crippen molar-refractivity contribution in [2.75, 3.05) is 33.2 Å². The van der Waals surface area contributed by atoms with Crippen LogP contribution in [0.1, 0.15) is 40.5 Å². The van der Waals surface area contributed by atoms with Gasteiger partial charge < -0.3 is 10.2 Å². The molecule has 1 unspecified atom stereocenters. The van der Waals surface area contributed by atoms with E-state index >= 15 is 0 Å². The van der Waals surface area contributed by atoms with Crippen molar-refractivity contribution in [2.24, 2.45) is 0 Å². The standard InChI is InChI=1S/C14H29N3O/c1-6-16(7-2)13(18)12(3)17-10-8-14(4,15-5)9-11-17/h12,15H,6-11H2,1-5H3. The zero-order valence-corrected chi connectivity index (χ0v) is 12.6. The number of piperidine rings is 1. The summed E-state index contributed by atoms with van der Waals surface area (Å²) in [6.45, 7) is 12.0. The summed E-state index contributed by atoms with van der Waals surface area (Å²) in [5.41, 5.74) is 0.245. The molecule has 18 heavy (non-hydrogen) atoms. The fraction of sp³-hybridized carbons (Fsp3) is 0.929. The molecular weight excluding hydrogens is 226 g/mol. The minimum Gasteiger partial charge on any atom is -0.342 e. The lowest BCUT2D eigenvalue weighted by atomic mass is 9.89. The van der Waals surface area contributed by atoms with Crippen molar-refractivity contribution in [3.63, 3.8) is 0 Å². The quantitative estimate of drug-likeness (QED) is 0.805. The molecule has 0 aromatic heterocycles. The average molecular weight is 255 g/mol. The van der Waals surface area contributed by atoms with Gasteiger partial charge in [-0.3, -0.25) is 9.69 Å². The van der Waals surface area contributed by atoms with Crippen LogP contribution >= 0.6 is 0 Å². The molecule has 0 bridgehead atoms. The van der Waals surface area contributed by atoms with E-state index in [0.717, 1.165) is 39.0 Å². The Balaban J connectivity index is 2.54. The van der Waals surface area contributed by atoms with Crippen LogP contribution in [0.25, 0.3) is 0 Å². The van der Waals surface area contributed by atoms with Gasteiger partial charge in [0.2, 0.25) is 5.91 Å². The Kier molecular flexibility index (Phi) is 5.60. The third-order valence-electron chi connectivity index (χ3n) is 4.49. The summed E-state index contributed by atoms with van der Waals surface area (Å²) in [4.78, 5) is 16.6. The number of nitrogens with one attached hydrogen (secondary N) is 1. The number of nitrogens with zero attached hydrogens (tertiary/aromatic N) is 2. The summed E-state index contributed by atoms with van der Waals surface area (Å²) >= 11 is 0. The molecule has 0 aliphatic carbocycles. The third kappa shape index (κ3) is 3.45. The summed E-state index contributed by atoms with van der Waals surface area (Å²) in [5.74, 6) is 0.271. The lowest BCUT2D eigenvalue weighted by molar-refractivity contribution is -0.136. The first-order chi connectivity index (χ1) is 8.47. The van der Waals surface area contributed by atoms with Gasteiger partial charge in [-0.15, -0.1) is 0 Å². The minimum absolute atomic E-state index is 0.0197. The molecule has 0 spiro atoms. The zero-order chi connectivity index (χ0) is 13.8. The number of amides is 1. The molecule has 1 rings (SSSR count). The Labute approximate surface area is 112 Å². The molecule has 1 aliphatic heterocycles. The van der Waals surface area contributed by atoms with E-state index < -0.39 is 0 Å². The molecule has 1 fully saturated rings. The first kappa shape index (κ1) is 15.4. The second kappa shape index (κ2) is 6.53.